The summed E-state index contributed by atoms with van der Waals surface area (Å²) in [6.07, 6.45) is -0.0458. The zero-order chi connectivity index (χ0) is 16.7. The van der Waals surface area contributed by atoms with Gasteiger partial charge >= 0.3 is 0 Å². The summed E-state index contributed by atoms with van der Waals surface area (Å²) in [4.78, 5) is 11.8. The third kappa shape index (κ3) is 5.49. The van der Waals surface area contributed by atoms with Gasteiger partial charge in [-0.3, -0.25) is 4.79 Å². The van der Waals surface area contributed by atoms with Crippen molar-refractivity contribution >= 4 is 15.9 Å². The molecule has 0 aromatic heterocycles. The molecule has 0 spiro atoms. The number of hydrogen-bond donors (Lipinski definition) is 1. The van der Waals surface area contributed by atoms with Gasteiger partial charge in [-0.1, -0.05) is 12.1 Å². The lowest BCUT2D eigenvalue weighted by atomic mass is 10.2. The third-order valence-electron chi connectivity index (χ3n) is 3.60. The van der Waals surface area contributed by atoms with E-state index in [0.29, 0.717) is 32.8 Å². The molecule has 0 saturated carbocycles. The van der Waals surface area contributed by atoms with Crippen molar-refractivity contribution in [2.24, 2.45) is 0 Å². The number of hydrogen-bond acceptors (Lipinski definition) is 5. The van der Waals surface area contributed by atoms with Crippen LogP contribution in [0.3, 0.4) is 0 Å². The summed E-state index contributed by atoms with van der Waals surface area (Å²) < 4.78 is 35.8. The Morgan fingerprint density at radius 2 is 1.91 bits per heavy atom. The molecule has 7 nitrogen and oxygen atoms in total. The molecule has 0 bridgehead atoms. The molecule has 0 unspecified atom stereocenters. The summed E-state index contributed by atoms with van der Waals surface area (Å²) in [5.41, 5.74) is 0.926. The minimum Gasteiger partial charge on any atom is -0.497 e. The van der Waals surface area contributed by atoms with Crippen molar-refractivity contribution < 1.29 is 22.7 Å². The van der Waals surface area contributed by atoms with Crippen molar-refractivity contribution in [3.8, 4) is 5.75 Å². The number of nitrogens with one attached hydrogen (secondary N) is 1. The number of ether oxygens (including phenoxy) is 2. The van der Waals surface area contributed by atoms with Crippen LogP contribution in [-0.2, 0) is 26.1 Å². The molecule has 0 radical (unpaired) electrons. The predicted molar refractivity (Wildman–Crippen MR) is 85.6 cm³/mol. The lowest BCUT2D eigenvalue weighted by Gasteiger charge is -2.25. The van der Waals surface area contributed by atoms with E-state index in [1.54, 1.807) is 7.11 Å². The molecule has 1 aliphatic rings. The second-order valence-electron chi connectivity index (χ2n) is 5.20. The van der Waals surface area contributed by atoms with Gasteiger partial charge in [0.1, 0.15) is 5.75 Å². The van der Waals surface area contributed by atoms with E-state index in [2.05, 4.69) is 5.32 Å². The molecule has 23 heavy (non-hydrogen) atoms. The first kappa shape index (κ1) is 17.7. The number of benzene rings is 1. The molecule has 8 heteroatoms. The SMILES string of the molecule is COc1ccc(CNC(=O)CCS(=O)(=O)N2CCOCC2)cc1. The highest BCUT2D eigenvalue weighted by Gasteiger charge is 2.24. The highest BCUT2D eigenvalue weighted by atomic mass is 32.2. The number of carbonyl (C=O) groups is 1. The van der Waals surface area contributed by atoms with Crippen LogP contribution in [0.1, 0.15) is 12.0 Å². The van der Waals surface area contributed by atoms with Gasteiger partial charge in [-0.15, -0.1) is 0 Å². The highest BCUT2D eigenvalue weighted by Crippen LogP contribution is 2.11. The van der Waals surface area contributed by atoms with Gasteiger partial charge in [0, 0.05) is 26.1 Å². The van der Waals surface area contributed by atoms with Crippen LogP contribution in [0.15, 0.2) is 24.3 Å². The van der Waals surface area contributed by atoms with Crippen molar-refractivity contribution in [1.29, 1.82) is 0 Å². The minimum atomic E-state index is -3.39. The molecular formula is C15H22N2O5S. The average Bonchev–Trinajstić information content (AvgIpc) is 2.59. The van der Waals surface area contributed by atoms with E-state index in [0.717, 1.165) is 11.3 Å². The molecule has 1 fully saturated rings. The van der Waals surface area contributed by atoms with Crippen molar-refractivity contribution in [2.45, 2.75) is 13.0 Å². The van der Waals surface area contributed by atoms with Crippen LogP contribution in [0.25, 0.3) is 0 Å². The number of methoxy groups -OCH3 is 1. The quantitative estimate of drug-likeness (QED) is 0.773. The van der Waals surface area contributed by atoms with Gasteiger partial charge in [0.05, 0.1) is 26.1 Å². The normalized spacial score (nSPS) is 16.0. The van der Waals surface area contributed by atoms with Crippen molar-refractivity contribution in [3.63, 3.8) is 0 Å². The summed E-state index contributed by atoms with van der Waals surface area (Å²) in [5.74, 6) is 0.288. The van der Waals surface area contributed by atoms with Crippen LogP contribution in [0.2, 0.25) is 0 Å². The van der Waals surface area contributed by atoms with E-state index < -0.39 is 10.0 Å². The summed E-state index contributed by atoms with van der Waals surface area (Å²) >= 11 is 0. The fourth-order valence-electron chi connectivity index (χ4n) is 2.21. The van der Waals surface area contributed by atoms with E-state index in [4.69, 9.17) is 9.47 Å². The largest absolute Gasteiger partial charge is 0.497 e. The van der Waals surface area contributed by atoms with E-state index in [1.165, 1.54) is 4.31 Å². The van der Waals surface area contributed by atoms with Crippen molar-refractivity contribution in [2.75, 3.05) is 39.2 Å². The summed E-state index contributed by atoms with van der Waals surface area (Å²) in [7, 11) is -1.81. The Bertz CT molecular complexity index is 609. The second kappa shape index (κ2) is 8.28. The van der Waals surface area contributed by atoms with Crippen molar-refractivity contribution in [3.05, 3.63) is 29.8 Å². The Hall–Kier alpha value is -1.64. The van der Waals surface area contributed by atoms with Gasteiger partial charge < -0.3 is 14.8 Å². The molecule has 1 aromatic carbocycles. The number of nitrogens with zero attached hydrogens (tertiary/aromatic N) is 1. The maximum atomic E-state index is 12.1. The number of morpholine rings is 1. The minimum absolute atomic E-state index is 0.0458. The fraction of sp³-hybridized carbons (Fsp3) is 0.533. The Labute approximate surface area is 136 Å². The van der Waals surface area contributed by atoms with E-state index in [-0.39, 0.29) is 18.1 Å². The Balaban J connectivity index is 1.75. The molecule has 1 aliphatic heterocycles. The number of rotatable bonds is 7. The van der Waals surface area contributed by atoms with Gasteiger partial charge in [-0.2, -0.15) is 4.31 Å². The lowest BCUT2D eigenvalue weighted by molar-refractivity contribution is -0.120. The number of carbonyl (C=O) groups excluding carboxylic acids is 1. The average molecular weight is 342 g/mol. The van der Waals surface area contributed by atoms with Crippen LogP contribution >= 0.6 is 0 Å². The summed E-state index contributed by atoms with van der Waals surface area (Å²) in [6.45, 7) is 1.89. The lowest BCUT2D eigenvalue weighted by Crippen LogP contribution is -2.42. The second-order valence-corrected chi connectivity index (χ2v) is 7.29. The molecule has 0 atom stereocenters. The Morgan fingerprint density at radius 3 is 2.52 bits per heavy atom. The molecule has 0 aliphatic carbocycles. The van der Waals surface area contributed by atoms with Crippen LogP contribution in [-0.4, -0.2) is 57.8 Å². The van der Waals surface area contributed by atoms with Crippen LogP contribution in [0.5, 0.6) is 5.75 Å². The monoisotopic (exact) mass is 342 g/mol. The molecule has 1 aromatic rings. The first-order valence-electron chi connectivity index (χ1n) is 7.46. The third-order valence-corrected chi connectivity index (χ3v) is 5.47. The summed E-state index contributed by atoms with van der Waals surface area (Å²) in [6, 6.07) is 7.32. The number of sulfonamides is 1. The molecule has 1 heterocycles. The maximum absolute atomic E-state index is 12.1. The highest BCUT2D eigenvalue weighted by molar-refractivity contribution is 7.89. The van der Waals surface area contributed by atoms with E-state index in [1.807, 2.05) is 24.3 Å². The molecule has 1 amide bonds. The smallest absolute Gasteiger partial charge is 0.221 e. The molecular weight excluding hydrogens is 320 g/mol. The zero-order valence-corrected chi connectivity index (χ0v) is 14.0. The van der Waals surface area contributed by atoms with Gasteiger partial charge in [0.15, 0.2) is 0 Å². The van der Waals surface area contributed by atoms with Crippen LogP contribution < -0.4 is 10.1 Å². The van der Waals surface area contributed by atoms with Crippen LogP contribution in [0, 0.1) is 0 Å². The van der Waals surface area contributed by atoms with Gasteiger partial charge in [-0.05, 0) is 17.7 Å². The van der Waals surface area contributed by atoms with Crippen LogP contribution in [0.4, 0.5) is 0 Å². The fourth-order valence-corrected chi connectivity index (χ4v) is 3.61. The Morgan fingerprint density at radius 1 is 1.26 bits per heavy atom. The van der Waals surface area contributed by atoms with E-state index in [9.17, 15) is 13.2 Å². The van der Waals surface area contributed by atoms with Gasteiger partial charge in [-0.25, -0.2) is 8.42 Å². The molecule has 1 saturated heterocycles. The van der Waals surface area contributed by atoms with Crippen molar-refractivity contribution in [1.82, 2.24) is 9.62 Å². The predicted octanol–water partition coefficient (Wildman–Crippen LogP) is 0.364. The first-order chi connectivity index (χ1) is 11.0. The van der Waals surface area contributed by atoms with Gasteiger partial charge in [0.25, 0.3) is 0 Å². The Kier molecular flexibility index (Phi) is 6.37. The topological polar surface area (TPSA) is 84.9 Å². The zero-order valence-electron chi connectivity index (χ0n) is 13.2. The maximum Gasteiger partial charge on any atom is 0.221 e. The van der Waals surface area contributed by atoms with E-state index >= 15 is 0 Å². The summed E-state index contributed by atoms with van der Waals surface area (Å²) in [5, 5.41) is 2.72. The molecule has 2 rings (SSSR count). The standard InChI is InChI=1S/C15H22N2O5S/c1-21-14-4-2-13(3-5-14)12-16-15(18)6-11-23(19,20)17-7-9-22-10-8-17/h2-5H,6-12H2,1H3,(H,16,18). The van der Waals surface area contributed by atoms with Gasteiger partial charge in [0.2, 0.25) is 15.9 Å². The number of amides is 1. The molecule has 128 valence electrons. The molecule has 1 N–H and O–H groups in total. The first-order valence-corrected chi connectivity index (χ1v) is 9.07.